The maximum atomic E-state index is 3.43. The van der Waals surface area contributed by atoms with Gasteiger partial charge in [-0.1, -0.05) is 32.0 Å². The lowest BCUT2D eigenvalue weighted by atomic mass is 10.2. The minimum atomic E-state index is 0.696. The van der Waals surface area contributed by atoms with Crippen molar-refractivity contribution in [3.05, 3.63) is 36.0 Å². The van der Waals surface area contributed by atoms with Crippen molar-refractivity contribution in [2.45, 2.75) is 24.9 Å². The van der Waals surface area contributed by atoms with Crippen LogP contribution in [0.5, 0.6) is 0 Å². The Morgan fingerprint density at radius 3 is 2.79 bits per heavy atom. The van der Waals surface area contributed by atoms with Gasteiger partial charge in [-0.3, -0.25) is 0 Å². The number of para-hydroxylation sites is 1. The van der Waals surface area contributed by atoms with Crippen molar-refractivity contribution in [2.24, 2.45) is 0 Å². The number of nitrogens with one attached hydrogen (secondary N) is 1. The summed E-state index contributed by atoms with van der Waals surface area (Å²) in [6, 6.07) is 10.7. The van der Waals surface area contributed by atoms with Crippen LogP contribution in [0.4, 0.5) is 0 Å². The Bertz CT molecular complexity index is 384. The lowest BCUT2D eigenvalue weighted by Crippen LogP contribution is -1.88. The maximum Gasteiger partial charge on any atom is 0.0456 e. The number of H-pyrrole nitrogens is 1. The fourth-order valence-corrected chi connectivity index (χ4v) is 2.14. The van der Waals surface area contributed by atoms with Crippen molar-refractivity contribution in [1.29, 1.82) is 0 Å². The third-order valence-corrected chi connectivity index (χ3v) is 3.30. The van der Waals surface area contributed by atoms with Crippen molar-refractivity contribution in [2.75, 3.05) is 0 Å². The summed E-state index contributed by atoms with van der Waals surface area (Å²) in [6.07, 6.45) is 0. The molecule has 0 aliphatic carbocycles. The number of benzene rings is 1. The van der Waals surface area contributed by atoms with E-state index >= 15 is 0 Å². The second-order valence-corrected chi connectivity index (χ2v) is 5.31. The SMILES string of the molecule is CC(C)SCc1cc2ccccc2[nH]1. The maximum absolute atomic E-state index is 3.43. The smallest absolute Gasteiger partial charge is 0.0456 e. The molecule has 0 aliphatic heterocycles. The Labute approximate surface area is 88.9 Å². The highest BCUT2D eigenvalue weighted by molar-refractivity contribution is 7.99. The molecule has 0 spiro atoms. The van der Waals surface area contributed by atoms with Gasteiger partial charge in [-0.05, 0) is 22.8 Å². The zero-order chi connectivity index (χ0) is 9.97. The predicted octanol–water partition coefficient (Wildman–Crippen LogP) is 3.81. The normalized spacial score (nSPS) is 11.4. The molecule has 1 aromatic heterocycles. The zero-order valence-corrected chi connectivity index (χ0v) is 9.40. The molecule has 1 N–H and O–H groups in total. The van der Waals surface area contributed by atoms with Gasteiger partial charge in [0.2, 0.25) is 0 Å². The zero-order valence-electron chi connectivity index (χ0n) is 8.58. The van der Waals surface area contributed by atoms with E-state index in [1.807, 2.05) is 11.8 Å². The molecule has 0 saturated heterocycles. The molecule has 14 heavy (non-hydrogen) atoms. The molecule has 2 heteroatoms. The molecule has 2 rings (SSSR count). The fourth-order valence-electron chi connectivity index (χ4n) is 1.47. The monoisotopic (exact) mass is 205 g/mol. The number of aromatic nitrogens is 1. The van der Waals surface area contributed by atoms with Crippen molar-refractivity contribution in [3.63, 3.8) is 0 Å². The van der Waals surface area contributed by atoms with E-state index in [4.69, 9.17) is 0 Å². The summed E-state index contributed by atoms with van der Waals surface area (Å²) >= 11 is 1.97. The first-order chi connectivity index (χ1) is 6.75. The van der Waals surface area contributed by atoms with Gasteiger partial charge < -0.3 is 4.98 Å². The Hall–Kier alpha value is -0.890. The highest BCUT2D eigenvalue weighted by Crippen LogP contribution is 2.20. The minimum absolute atomic E-state index is 0.696. The molecule has 0 atom stereocenters. The van der Waals surface area contributed by atoms with E-state index < -0.39 is 0 Å². The number of hydrogen-bond donors (Lipinski definition) is 1. The van der Waals surface area contributed by atoms with Gasteiger partial charge in [-0.15, -0.1) is 0 Å². The first-order valence-corrected chi connectivity index (χ1v) is 5.99. The van der Waals surface area contributed by atoms with E-state index in [1.54, 1.807) is 0 Å². The van der Waals surface area contributed by atoms with Crippen molar-refractivity contribution >= 4 is 22.7 Å². The number of hydrogen-bond acceptors (Lipinski definition) is 1. The van der Waals surface area contributed by atoms with E-state index in [0.29, 0.717) is 5.25 Å². The van der Waals surface area contributed by atoms with Crippen LogP contribution in [-0.4, -0.2) is 10.2 Å². The van der Waals surface area contributed by atoms with Crippen LogP contribution in [0.25, 0.3) is 10.9 Å². The van der Waals surface area contributed by atoms with Gasteiger partial charge >= 0.3 is 0 Å². The van der Waals surface area contributed by atoms with Gasteiger partial charge in [0, 0.05) is 17.0 Å². The topological polar surface area (TPSA) is 15.8 Å². The summed E-state index contributed by atoms with van der Waals surface area (Å²) < 4.78 is 0. The van der Waals surface area contributed by atoms with Crippen LogP contribution in [0, 0.1) is 0 Å². The van der Waals surface area contributed by atoms with Crippen LogP contribution in [-0.2, 0) is 5.75 Å². The van der Waals surface area contributed by atoms with E-state index in [1.165, 1.54) is 16.6 Å². The van der Waals surface area contributed by atoms with Gasteiger partial charge in [-0.25, -0.2) is 0 Å². The van der Waals surface area contributed by atoms with Crippen LogP contribution in [0.3, 0.4) is 0 Å². The number of fused-ring (bicyclic) bond motifs is 1. The Kier molecular flexibility index (Phi) is 2.82. The van der Waals surface area contributed by atoms with Crippen LogP contribution in [0.1, 0.15) is 19.5 Å². The van der Waals surface area contributed by atoms with Crippen LogP contribution in [0.2, 0.25) is 0 Å². The first-order valence-electron chi connectivity index (χ1n) is 4.94. The third-order valence-electron chi connectivity index (χ3n) is 2.16. The average molecular weight is 205 g/mol. The molecule has 0 amide bonds. The van der Waals surface area contributed by atoms with Gasteiger partial charge in [0.15, 0.2) is 0 Å². The van der Waals surface area contributed by atoms with Gasteiger partial charge in [0.1, 0.15) is 0 Å². The van der Waals surface area contributed by atoms with Crippen molar-refractivity contribution < 1.29 is 0 Å². The molecule has 1 nitrogen and oxygen atoms in total. The van der Waals surface area contributed by atoms with Crippen LogP contribution < -0.4 is 0 Å². The summed E-state index contributed by atoms with van der Waals surface area (Å²) in [5, 5.41) is 2.01. The lowest BCUT2D eigenvalue weighted by molar-refractivity contribution is 1.10. The molecule has 2 aromatic rings. The standard InChI is InChI=1S/C12H15NS/c1-9(2)14-8-11-7-10-5-3-4-6-12(10)13-11/h3-7,9,13H,8H2,1-2H3. The molecule has 1 heterocycles. The second kappa shape index (κ2) is 4.09. The third kappa shape index (κ3) is 2.13. The first kappa shape index (κ1) is 9.66. The lowest BCUT2D eigenvalue weighted by Gasteiger charge is -2.01. The Balaban J connectivity index is 2.19. The number of thioether (sulfide) groups is 1. The number of rotatable bonds is 3. The summed E-state index contributed by atoms with van der Waals surface area (Å²) in [7, 11) is 0. The average Bonchev–Trinajstić information content (AvgIpc) is 2.57. The molecule has 0 fully saturated rings. The van der Waals surface area contributed by atoms with E-state index in [-0.39, 0.29) is 0 Å². The van der Waals surface area contributed by atoms with Gasteiger partial charge in [0.25, 0.3) is 0 Å². The molecule has 0 bridgehead atoms. The second-order valence-electron chi connectivity index (χ2n) is 3.74. The predicted molar refractivity (Wildman–Crippen MR) is 64.7 cm³/mol. The van der Waals surface area contributed by atoms with Gasteiger partial charge in [0.05, 0.1) is 0 Å². The molecule has 0 aliphatic rings. The number of aromatic amines is 1. The van der Waals surface area contributed by atoms with E-state index in [2.05, 4.69) is 49.2 Å². The van der Waals surface area contributed by atoms with Crippen LogP contribution in [0.15, 0.2) is 30.3 Å². The Morgan fingerprint density at radius 1 is 1.29 bits per heavy atom. The quantitative estimate of drug-likeness (QED) is 0.805. The molecule has 0 radical (unpaired) electrons. The van der Waals surface area contributed by atoms with E-state index in [9.17, 15) is 0 Å². The Morgan fingerprint density at radius 2 is 2.07 bits per heavy atom. The summed E-state index contributed by atoms with van der Waals surface area (Å²) in [5.74, 6) is 1.08. The van der Waals surface area contributed by atoms with Crippen LogP contribution >= 0.6 is 11.8 Å². The minimum Gasteiger partial charge on any atom is -0.358 e. The molecule has 1 aromatic carbocycles. The van der Waals surface area contributed by atoms with Gasteiger partial charge in [-0.2, -0.15) is 11.8 Å². The highest BCUT2D eigenvalue weighted by Gasteiger charge is 2.01. The molecular weight excluding hydrogens is 190 g/mol. The highest BCUT2D eigenvalue weighted by atomic mass is 32.2. The molecule has 0 unspecified atom stereocenters. The van der Waals surface area contributed by atoms with E-state index in [0.717, 1.165) is 5.75 Å². The summed E-state index contributed by atoms with van der Waals surface area (Å²) in [6.45, 7) is 4.46. The molecular formula is C12H15NS. The van der Waals surface area contributed by atoms with Crippen molar-refractivity contribution in [3.8, 4) is 0 Å². The largest absolute Gasteiger partial charge is 0.358 e. The van der Waals surface area contributed by atoms with Crippen molar-refractivity contribution in [1.82, 2.24) is 4.98 Å². The fraction of sp³-hybridized carbons (Fsp3) is 0.333. The molecule has 74 valence electrons. The molecule has 0 saturated carbocycles. The summed E-state index contributed by atoms with van der Waals surface area (Å²) in [5.41, 5.74) is 2.57. The summed E-state index contributed by atoms with van der Waals surface area (Å²) in [4.78, 5) is 3.43.